The number of piperidine rings is 1. The van der Waals surface area contributed by atoms with Crippen LogP contribution in [-0.4, -0.2) is 103 Å². The first-order chi connectivity index (χ1) is 25.5. The molecule has 16 heteroatoms. The van der Waals surface area contributed by atoms with Crippen LogP contribution in [0, 0.1) is 12.8 Å². The van der Waals surface area contributed by atoms with E-state index in [9.17, 15) is 19.2 Å². The Labute approximate surface area is 306 Å². The molecule has 0 spiro atoms. The zero-order valence-electron chi connectivity index (χ0n) is 30.7. The number of fused-ring (bicyclic) bond motifs is 2. The predicted molar refractivity (Wildman–Crippen MR) is 200 cm³/mol. The molecule has 8 rings (SSSR count). The van der Waals surface area contributed by atoms with Crippen molar-refractivity contribution >= 4 is 51.5 Å². The second kappa shape index (κ2) is 13.8. The highest BCUT2D eigenvalue weighted by molar-refractivity contribution is 6.08. The Kier molecular flexibility index (Phi) is 9.00. The van der Waals surface area contributed by atoms with Gasteiger partial charge < -0.3 is 15.1 Å². The average Bonchev–Trinajstić information content (AvgIpc) is 3.82. The first-order valence-corrected chi connectivity index (χ1v) is 18.4. The number of hydrogen-bond acceptors (Lipinski definition) is 10. The Balaban J connectivity index is 0.856. The van der Waals surface area contributed by atoms with Crippen molar-refractivity contribution in [2.75, 3.05) is 61.9 Å². The minimum absolute atomic E-state index is 0.217. The van der Waals surface area contributed by atoms with Crippen molar-refractivity contribution < 1.29 is 14.4 Å². The van der Waals surface area contributed by atoms with Gasteiger partial charge in [-0.2, -0.15) is 10.2 Å². The topological polar surface area (TPSA) is 160 Å². The van der Waals surface area contributed by atoms with Gasteiger partial charge in [-0.25, -0.2) is 14.3 Å². The van der Waals surface area contributed by atoms with E-state index < -0.39 is 11.9 Å². The van der Waals surface area contributed by atoms with Gasteiger partial charge in [-0.1, -0.05) is 6.07 Å². The van der Waals surface area contributed by atoms with Crippen molar-refractivity contribution in [1.29, 1.82) is 0 Å². The molecule has 4 aromatic heterocycles. The fourth-order valence-corrected chi connectivity index (χ4v) is 8.27. The summed E-state index contributed by atoms with van der Waals surface area (Å²) >= 11 is 0. The fourth-order valence-electron chi connectivity index (χ4n) is 8.27. The molecule has 53 heavy (non-hydrogen) atoms. The van der Waals surface area contributed by atoms with E-state index in [-0.39, 0.29) is 30.0 Å². The lowest BCUT2D eigenvalue weighted by Crippen LogP contribution is -2.48. The molecule has 1 aliphatic carbocycles. The van der Waals surface area contributed by atoms with Crippen molar-refractivity contribution in [3.63, 3.8) is 0 Å². The summed E-state index contributed by atoms with van der Waals surface area (Å²) < 4.78 is 6.84. The Morgan fingerprint density at radius 3 is 2.51 bits per heavy atom. The molecule has 3 fully saturated rings. The van der Waals surface area contributed by atoms with Gasteiger partial charge in [0.15, 0.2) is 5.65 Å². The molecule has 2 N–H and O–H groups in total. The number of nitrogens with one attached hydrogen (secondary N) is 2. The molecule has 1 unspecified atom stereocenters. The third kappa shape index (κ3) is 6.44. The number of aromatic nitrogens is 7. The SMILES string of the molecule is Cc1nn(C2CCC(CN3CCN(c4cccc5c4n(C)c(=O)n5C4CCC(=O)NC4=O)CC3)CC2)cc1NC(=O)c1cnn2cc(N(C)C)cnc12. The molecule has 2 saturated heterocycles. The van der Waals surface area contributed by atoms with Gasteiger partial charge in [-0.05, 0) is 57.1 Å². The van der Waals surface area contributed by atoms with E-state index in [1.54, 1.807) is 33.1 Å². The molecule has 0 bridgehead atoms. The molecule has 1 saturated carbocycles. The molecule has 2 aliphatic heterocycles. The molecule has 6 heterocycles. The van der Waals surface area contributed by atoms with Gasteiger partial charge in [0.1, 0.15) is 11.6 Å². The van der Waals surface area contributed by atoms with E-state index in [1.807, 2.05) is 55.1 Å². The minimum atomic E-state index is -0.699. The Morgan fingerprint density at radius 1 is 1.00 bits per heavy atom. The lowest BCUT2D eigenvalue weighted by molar-refractivity contribution is -0.135. The molecule has 3 aliphatic rings. The second-order valence-corrected chi connectivity index (χ2v) is 14.9. The zero-order valence-corrected chi connectivity index (χ0v) is 30.7. The van der Waals surface area contributed by atoms with E-state index in [0.717, 1.165) is 81.0 Å². The lowest BCUT2D eigenvalue weighted by atomic mass is 9.85. The lowest BCUT2D eigenvalue weighted by Gasteiger charge is -2.39. The van der Waals surface area contributed by atoms with E-state index >= 15 is 0 Å². The summed E-state index contributed by atoms with van der Waals surface area (Å²) in [5.41, 5.74) is 5.56. The van der Waals surface area contributed by atoms with Crippen LogP contribution in [-0.2, 0) is 16.6 Å². The summed E-state index contributed by atoms with van der Waals surface area (Å²) in [4.78, 5) is 62.4. The van der Waals surface area contributed by atoms with Gasteiger partial charge in [0.25, 0.3) is 5.91 Å². The van der Waals surface area contributed by atoms with Crippen LogP contribution in [0.1, 0.15) is 66.7 Å². The summed E-state index contributed by atoms with van der Waals surface area (Å²) in [5.74, 6) is -0.372. The highest BCUT2D eigenvalue weighted by atomic mass is 16.2. The number of nitrogens with zero attached hydrogens (tertiary/aromatic N) is 10. The van der Waals surface area contributed by atoms with Gasteiger partial charge in [0, 0.05) is 66.5 Å². The van der Waals surface area contributed by atoms with Crippen LogP contribution in [0.2, 0.25) is 0 Å². The van der Waals surface area contributed by atoms with Crippen molar-refractivity contribution in [2.45, 2.75) is 57.5 Å². The van der Waals surface area contributed by atoms with E-state index in [4.69, 9.17) is 5.10 Å². The monoisotopic (exact) mass is 722 g/mol. The van der Waals surface area contributed by atoms with Crippen LogP contribution in [0.4, 0.5) is 17.1 Å². The van der Waals surface area contributed by atoms with E-state index in [1.165, 1.54) is 0 Å². The standard InChI is InChI=1S/C37H46N12O4/c1-23-28(40-35(51)27-19-39-48-21-26(43(2)3)18-38-34(27)48)22-47(42-23)25-10-8-24(9-11-25)20-45-14-16-46(17-15-45)29-6-5-7-30-33(29)44(4)37(53)49(30)31-12-13-32(50)41-36(31)52/h5-7,18-19,21-22,24-25,31H,8-17,20H2,1-4H3,(H,40,51)(H,41,50,52). The number of benzene rings is 1. The number of anilines is 3. The number of aryl methyl sites for hydroxylation is 2. The van der Waals surface area contributed by atoms with E-state index in [0.29, 0.717) is 34.8 Å². The van der Waals surface area contributed by atoms with Crippen LogP contribution >= 0.6 is 0 Å². The largest absolute Gasteiger partial charge is 0.375 e. The molecule has 0 radical (unpaired) electrons. The summed E-state index contributed by atoms with van der Waals surface area (Å²) in [5, 5.41) is 14.6. The minimum Gasteiger partial charge on any atom is -0.375 e. The highest BCUT2D eigenvalue weighted by Crippen LogP contribution is 2.35. The van der Waals surface area contributed by atoms with Crippen LogP contribution in [0.3, 0.4) is 0 Å². The Morgan fingerprint density at radius 2 is 1.77 bits per heavy atom. The predicted octanol–water partition coefficient (Wildman–Crippen LogP) is 2.74. The summed E-state index contributed by atoms with van der Waals surface area (Å²) in [7, 11) is 5.62. The normalized spacial score (nSPS) is 21.4. The molecule has 278 valence electrons. The third-order valence-corrected chi connectivity index (χ3v) is 11.3. The number of hydrogen-bond donors (Lipinski definition) is 2. The molecule has 5 aromatic rings. The smallest absolute Gasteiger partial charge is 0.329 e. The number of rotatable bonds is 8. The quantitative estimate of drug-likeness (QED) is 0.228. The molecule has 16 nitrogen and oxygen atoms in total. The van der Waals surface area contributed by atoms with Gasteiger partial charge in [-0.15, -0.1) is 0 Å². The van der Waals surface area contributed by atoms with Gasteiger partial charge >= 0.3 is 5.69 Å². The Bertz CT molecular complexity index is 2270. The number of piperazine rings is 1. The summed E-state index contributed by atoms with van der Waals surface area (Å²) in [6, 6.07) is 5.48. The van der Waals surface area contributed by atoms with Crippen molar-refractivity contribution in [1.82, 2.24) is 43.7 Å². The molecular weight excluding hydrogens is 676 g/mol. The summed E-state index contributed by atoms with van der Waals surface area (Å²) in [6.45, 7) is 6.52. The van der Waals surface area contributed by atoms with E-state index in [2.05, 4.69) is 36.6 Å². The maximum absolute atomic E-state index is 13.4. The van der Waals surface area contributed by atoms with Gasteiger partial charge in [0.05, 0.1) is 58.4 Å². The number of para-hydroxylation sites is 1. The second-order valence-electron chi connectivity index (χ2n) is 14.9. The first kappa shape index (κ1) is 34.6. The average molecular weight is 723 g/mol. The maximum Gasteiger partial charge on any atom is 0.329 e. The van der Waals surface area contributed by atoms with Crippen LogP contribution in [0.25, 0.3) is 16.7 Å². The van der Waals surface area contributed by atoms with Gasteiger partial charge in [0.2, 0.25) is 11.8 Å². The molecule has 3 amide bonds. The van der Waals surface area contributed by atoms with Crippen LogP contribution in [0.5, 0.6) is 0 Å². The number of carbonyl (C=O) groups excluding carboxylic acids is 3. The molecular formula is C37H46N12O4. The van der Waals surface area contributed by atoms with Crippen molar-refractivity contribution in [3.05, 3.63) is 64.7 Å². The van der Waals surface area contributed by atoms with Gasteiger partial charge in [-0.3, -0.25) is 38.4 Å². The van der Waals surface area contributed by atoms with Crippen LogP contribution < -0.4 is 26.1 Å². The Hall–Kier alpha value is -5.51. The molecule has 1 atom stereocenters. The number of amides is 3. The fraction of sp³-hybridized carbons (Fsp3) is 0.486. The number of carbonyl (C=O) groups is 3. The third-order valence-electron chi connectivity index (χ3n) is 11.3. The molecule has 1 aromatic carbocycles. The highest BCUT2D eigenvalue weighted by Gasteiger charge is 2.33. The maximum atomic E-state index is 13.4. The zero-order chi connectivity index (χ0) is 37.0. The van der Waals surface area contributed by atoms with Crippen molar-refractivity contribution in [3.8, 4) is 0 Å². The number of imide groups is 1. The number of imidazole rings is 1. The van der Waals surface area contributed by atoms with Crippen LogP contribution in [0.15, 0.2) is 47.8 Å². The first-order valence-electron chi connectivity index (χ1n) is 18.4. The van der Waals surface area contributed by atoms with Crippen molar-refractivity contribution in [2.24, 2.45) is 13.0 Å². The summed E-state index contributed by atoms with van der Waals surface area (Å²) in [6.07, 6.45) is 11.9.